The highest BCUT2D eigenvalue weighted by Crippen LogP contribution is 2.32. The highest BCUT2D eigenvalue weighted by Gasteiger charge is 2.25. The number of hydrogen-bond acceptors (Lipinski definition) is 4. The second-order valence-electron chi connectivity index (χ2n) is 5.25. The molecule has 0 saturated carbocycles. The molecule has 0 amide bonds. The number of likely N-dealkylation sites (tertiary alicyclic amines) is 1. The van der Waals surface area contributed by atoms with Crippen LogP contribution in [0.1, 0.15) is 34.8 Å². The molecule has 1 aromatic heterocycles. The number of aromatic nitrogens is 1. The highest BCUT2D eigenvalue weighted by atomic mass is 32.1. The lowest BCUT2D eigenvalue weighted by Gasteiger charge is -2.06. The van der Waals surface area contributed by atoms with Crippen LogP contribution in [0.5, 0.6) is 0 Å². The quantitative estimate of drug-likeness (QED) is 0.909. The summed E-state index contributed by atoms with van der Waals surface area (Å²) in [6, 6.07) is 0. The molecule has 1 N–H and O–H groups in total. The van der Waals surface area contributed by atoms with Gasteiger partial charge in [-0.1, -0.05) is 6.92 Å². The van der Waals surface area contributed by atoms with Gasteiger partial charge in [-0.05, 0) is 33.4 Å². The van der Waals surface area contributed by atoms with Crippen LogP contribution in [-0.2, 0) is 11.2 Å². The third-order valence-corrected chi connectivity index (χ3v) is 4.91. The summed E-state index contributed by atoms with van der Waals surface area (Å²) in [7, 11) is 2.13. The fraction of sp³-hybridized carbons (Fsp3) is 0.692. The zero-order chi connectivity index (χ0) is 13.3. The molecule has 18 heavy (non-hydrogen) atoms. The molecule has 1 aliphatic heterocycles. The van der Waals surface area contributed by atoms with E-state index in [0.29, 0.717) is 12.3 Å². The minimum Gasteiger partial charge on any atom is -0.481 e. The number of carboxylic acids is 1. The highest BCUT2D eigenvalue weighted by molar-refractivity contribution is 7.11. The Labute approximate surface area is 112 Å². The molecule has 1 fully saturated rings. The van der Waals surface area contributed by atoms with Crippen molar-refractivity contribution in [2.45, 2.75) is 32.6 Å². The summed E-state index contributed by atoms with van der Waals surface area (Å²) in [6.45, 7) is 5.94. The smallest absolute Gasteiger partial charge is 0.306 e. The molecule has 0 spiro atoms. The maximum Gasteiger partial charge on any atom is 0.306 e. The number of aliphatic carboxylic acids is 1. The lowest BCUT2D eigenvalue weighted by Crippen LogP contribution is -2.13. The van der Waals surface area contributed by atoms with Crippen LogP contribution in [-0.4, -0.2) is 41.1 Å². The predicted octanol–water partition coefficient (Wildman–Crippen LogP) is 2.13. The van der Waals surface area contributed by atoms with E-state index < -0.39 is 5.97 Å². The summed E-state index contributed by atoms with van der Waals surface area (Å²) in [5.74, 6) is -0.527. The first-order valence-corrected chi connectivity index (χ1v) is 7.16. The molecule has 0 bridgehead atoms. The van der Waals surface area contributed by atoms with Crippen LogP contribution < -0.4 is 0 Å². The molecule has 2 unspecified atom stereocenters. The van der Waals surface area contributed by atoms with Crippen molar-refractivity contribution in [3.8, 4) is 0 Å². The van der Waals surface area contributed by atoms with Gasteiger partial charge in [-0.3, -0.25) is 4.79 Å². The van der Waals surface area contributed by atoms with Crippen molar-refractivity contribution in [1.29, 1.82) is 0 Å². The van der Waals surface area contributed by atoms with Gasteiger partial charge in [0.1, 0.15) is 0 Å². The van der Waals surface area contributed by atoms with Crippen molar-refractivity contribution in [2.75, 3.05) is 20.1 Å². The topological polar surface area (TPSA) is 53.4 Å². The van der Waals surface area contributed by atoms with Gasteiger partial charge in [0.25, 0.3) is 0 Å². The van der Waals surface area contributed by atoms with Crippen LogP contribution in [0.4, 0.5) is 0 Å². The van der Waals surface area contributed by atoms with Crippen LogP contribution in [0.3, 0.4) is 0 Å². The molecular formula is C13H20N2O2S. The fourth-order valence-corrected chi connectivity index (χ4v) is 3.64. The van der Waals surface area contributed by atoms with Crippen molar-refractivity contribution < 1.29 is 9.90 Å². The number of hydrogen-bond donors (Lipinski definition) is 1. The number of carbonyl (C=O) groups is 1. The average Bonchev–Trinajstić information content (AvgIpc) is 2.86. The van der Waals surface area contributed by atoms with Crippen LogP contribution >= 0.6 is 11.3 Å². The van der Waals surface area contributed by atoms with Crippen LogP contribution in [0.25, 0.3) is 0 Å². The average molecular weight is 268 g/mol. The first kappa shape index (κ1) is 13.5. The molecule has 1 saturated heterocycles. The van der Waals surface area contributed by atoms with E-state index in [9.17, 15) is 4.79 Å². The predicted molar refractivity (Wildman–Crippen MR) is 72.2 cm³/mol. The minimum atomic E-state index is -0.732. The summed E-state index contributed by atoms with van der Waals surface area (Å²) < 4.78 is 0. The number of aryl methyl sites for hydroxylation is 1. The van der Waals surface area contributed by atoms with E-state index in [1.807, 2.05) is 6.92 Å². The Hall–Kier alpha value is -0.940. The van der Waals surface area contributed by atoms with Gasteiger partial charge in [0.15, 0.2) is 0 Å². The lowest BCUT2D eigenvalue weighted by molar-refractivity contribution is -0.141. The first-order chi connectivity index (χ1) is 8.47. The summed E-state index contributed by atoms with van der Waals surface area (Å²) in [5, 5.41) is 10.1. The number of likely N-dealkylation sites (N-methyl/N-ethyl adjacent to an activating group) is 1. The van der Waals surface area contributed by atoms with Gasteiger partial charge in [-0.2, -0.15) is 0 Å². The van der Waals surface area contributed by atoms with E-state index in [-0.39, 0.29) is 5.92 Å². The maximum atomic E-state index is 10.9. The fourth-order valence-electron chi connectivity index (χ4n) is 2.32. The summed E-state index contributed by atoms with van der Waals surface area (Å²) in [5.41, 5.74) is 1.01. The minimum absolute atomic E-state index is 0.330. The molecule has 2 atom stereocenters. The van der Waals surface area contributed by atoms with Gasteiger partial charge in [0, 0.05) is 17.3 Å². The Morgan fingerprint density at radius 3 is 2.94 bits per heavy atom. The third kappa shape index (κ3) is 2.90. The van der Waals surface area contributed by atoms with Crippen LogP contribution in [0.2, 0.25) is 0 Å². The third-order valence-electron chi connectivity index (χ3n) is 3.56. The van der Waals surface area contributed by atoms with E-state index >= 15 is 0 Å². The second-order valence-corrected chi connectivity index (χ2v) is 6.37. The van der Waals surface area contributed by atoms with Crippen molar-refractivity contribution >= 4 is 17.3 Å². The molecule has 2 rings (SSSR count). The maximum absolute atomic E-state index is 10.9. The van der Waals surface area contributed by atoms with E-state index in [1.165, 1.54) is 5.01 Å². The Kier molecular flexibility index (Phi) is 4.02. The molecule has 4 nitrogen and oxygen atoms in total. The Bertz CT molecular complexity index is 444. The van der Waals surface area contributed by atoms with E-state index in [4.69, 9.17) is 5.11 Å². The first-order valence-electron chi connectivity index (χ1n) is 6.35. The van der Waals surface area contributed by atoms with Gasteiger partial charge >= 0.3 is 5.97 Å². The van der Waals surface area contributed by atoms with E-state index in [2.05, 4.69) is 16.9 Å². The van der Waals surface area contributed by atoms with Crippen molar-refractivity contribution in [3.05, 3.63) is 15.6 Å². The van der Waals surface area contributed by atoms with E-state index in [0.717, 1.165) is 30.1 Å². The molecule has 0 radical (unpaired) electrons. The largest absolute Gasteiger partial charge is 0.481 e. The van der Waals surface area contributed by atoms with Gasteiger partial charge in [0.05, 0.1) is 16.6 Å². The van der Waals surface area contributed by atoms with Crippen molar-refractivity contribution in [3.63, 3.8) is 0 Å². The van der Waals surface area contributed by atoms with Crippen LogP contribution in [0, 0.1) is 12.8 Å². The van der Waals surface area contributed by atoms with Crippen LogP contribution in [0.15, 0.2) is 0 Å². The Morgan fingerprint density at radius 2 is 2.39 bits per heavy atom. The van der Waals surface area contributed by atoms with Crippen molar-refractivity contribution in [2.24, 2.45) is 5.92 Å². The second kappa shape index (κ2) is 5.36. The SMILES string of the molecule is Cc1nc(C2CCN(C)C2)sc1CC(C)C(=O)O. The normalized spacial score (nSPS) is 22.3. The number of carboxylic acid groups (broad SMARTS) is 1. The molecule has 1 aromatic rings. The standard InChI is InChI=1S/C13H20N2O2S/c1-8(13(16)17)6-11-9(2)14-12(18-11)10-4-5-15(3)7-10/h8,10H,4-7H2,1-3H3,(H,16,17). The molecule has 0 aromatic carbocycles. The molecule has 1 aliphatic rings. The van der Waals surface area contributed by atoms with Gasteiger partial charge in [0.2, 0.25) is 0 Å². The zero-order valence-electron chi connectivity index (χ0n) is 11.1. The Morgan fingerprint density at radius 1 is 1.67 bits per heavy atom. The lowest BCUT2D eigenvalue weighted by atomic mass is 10.1. The number of thiazole rings is 1. The van der Waals surface area contributed by atoms with Gasteiger partial charge < -0.3 is 10.0 Å². The summed E-state index contributed by atoms with van der Waals surface area (Å²) in [4.78, 5) is 19.0. The van der Waals surface area contributed by atoms with Crippen molar-refractivity contribution in [1.82, 2.24) is 9.88 Å². The summed E-state index contributed by atoms with van der Waals surface area (Å²) >= 11 is 1.70. The molecular weight excluding hydrogens is 248 g/mol. The molecule has 0 aliphatic carbocycles. The van der Waals surface area contributed by atoms with E-state index in [1.54, 1.807) is 18.3 Å². The molecule has 5 heteroatoms. The zero-order valence-corrected chi connectivity index (χ0v) is 12.0. The van der Waals surface area contributed by atoms with Gasteiger partial charge in [-0.25, -0.2) is 4.98 Å². The summed E-state index contributed by atoms with van der Waals surface area (Å²) in [6.07, 6.45) is 1.76. The van der Waals surface area contributed by atoms with Gasteiger partial charge in [-0.15, -0.1) is 11.3 Å². The molecule has 2 heterocycles. The number of rotatable bonds is 4. The monoisotopic (exact) mass is 268 g/mol. The molecule has 100 valence electrons. The number of nitrogens with zero attached hydrogens (tertiary/aromatic N) is 2. The Balaban J connectivity index is 2.09.